The molecule has 1 aliphatic rings. The SMILES string of the molecule is NC(=S)NN1C=NCC1. The third-order valence-electron chi connectivity index (χ3n) is 0.945. The lowest BCUT2D eigenvalue weighted by Gasteiger charge is -2.13. The van der Waals surface area contributed by atoms with E-state index in [1.54, 1.807) is 11.3 Å². The molecule has 1 aliphatic heterocycles. The van der Waals surface area contributed by atoms with Crippen molar-refractivity contribution in [1.29, 1.82) is 0 Å². The fraction of sp³-hybridized carbons (Fsp3) is 0.500. The Morgan fingerprint density at radius 3 is 3.11 bits per heavy atom. The zero-order chi connectivity index (χ0) is 6.69. The molecule has 0 amide bonds. The van der Waals surface area contributed by atoms with Gasteiger partial charge in [0.05, 0.1) is 13.1 Å². The average molecular weight is 144 g/mol. The van der Waals surface area contributed by atoms with Crippen LogP contribution in [0.2, 0.25) is 0 Å². The molecule has 0 aromatic heterocycles. The topological polar surface area (TPSA) is 53.6 Å². The predicted molar refractivity (Wildman–Crippen MR) is 40.0 cm³/mol. The van der Waals surface area contributed by atoms with E-state index in [2.05, 4.69) is 22.6 Å². The zero-order valence-corrected chi connectivity index (χ0v) is 5.69. The zero-order valence-electron chi connectivity index (χ0n) is 4.87. The van der Waals surface area contributed by atoms with Crippen molar-refractivity contribution >= 4 is 23.7 Å². The molecule has 0 saturated heterocycles. The van der Waals surface area contributed by atoms with E-state index in [-0.39, 0.29) is 5.11 Å². The monoisotopic (exact) mass is 144 g/mol. The second kappa shape index (κ2) is 2.63. The minimum Gasteiger partial charge on any atom is -0.375 e. The lowest BCUT2D eigenvalue weighted by Crippen LogP contribution is -2.42. The summed E-state index contributed by atoms with van der Waals surface area (Å²) in [6.07, 6.45) is 1.68. The summed E-state index contributed by atoms with van der Waals surface area (Å²) < 4.78 is 0. The molecule has 0 aromatic rings. The van der Waals surface area contributed by atoms with Gasteiger partial charge in [0.1, 0.15) is 6.34 Å². The van der Waals surface area contributed by atoms with Crippen molar-refractivity contribution < 1.29 is 0 Å². The third kappa shape index (κ3) is 1.85. The molecule has 3 N–H and O–H groups in total. The highest BCUT2D eigenvalue weighted by Crippen LogP contribution is 1.86. The van der Waals surface area contributed by atoms with Crippen LogP contribution in [0.15, 0.2) is 4.99 Å². The van der Waals surface area contributed by atoms with Gasteiger partial charge in [-0.2, -0.15) is 0 Å². The van der Waals surface area contributed by atoms with Crippen LogP contribution in [0.25, 0.3) is 0 Å². The molecular formula is C4H8N4S. The summed E-state index contributed by atoms with van der Waals surface area (Å²) in [7, 11) is 0. The highest BCUT2D eigenvalue weighted by Gasteiger charge is 2.02. The van der Waals surface area contributed by atoms with Crippen LogP contribution >= 0.6 is 12.2 Å². The summed E-state index contributed by atoms with van der Waals surface area (Å²) in [4.78, 5) is 3.94. The van der Waals surface area contributed by atoms with Gasteiger partial charge in [-0.1, -0.05) is 0 Å². The Labute approximate surface area is 58.7 Å². The first-order valence-corrected chi connectivity index (χ1v) is 3.02. The highest BCUT2D eigenvalue weighted by atomic mass is 32.1. The fourth-order valence-electron chi connectivity index (χ4n) is 0.606. The van der Waals surface area contributed by atoms with Crippen LogP contribution in [0.3, 0.4) is 0 Å². The summed E-state index contributed by atoms with van der Waals surface area (Å²) in [5, 5.41) is 2.03. The number of thiocarbonyl (C=S) groups is 1. The van der Waals surface area contributed by atoms with Gasteiger partial charge in [0.25, 0.3) is 0 Å². The summed E-state index contributed by atoms with van der Waals surface area (Å²) in [5.74, 6) is 0. The first kappa shape index (κ1) is 6.28. The van der Waals surface area contributed by atoms with Crippen LogP contribution in [0.1, 0.15) is 0 Å². The molecule has 0 unspecified atom stereocenters. The predicted octanol–water partition coefficient (Wildman–Crippen LogP) is -0.921. The number of hydrogen-bond acceptors (Lipinski definition) is 3. The van der Waals surface area contributed by atoms with Crippen LogP contribution in [0, 0.1) is 0 Å². The Hall–Kier alpha value is -0.840. The number of nitrogens with one attached hydrogen (secondary N) is 1. The maximum Gasteiger partial charge on any atom is 0.182 e. The van der Waals surface area contributed by atoms with E-state index < -0.39 is 0 Å². The quantitative estimate of drug-likeness (QED) is 0.467. The number of rotatable bonds is 1. The number of hydrazine groups is 1. The summed E-state index contributed by atoms with van der Waals surface area (Å²) in [5.41, 5.74) is 7.92. The molecule has 0 aliphatic carbocycles. The molecule has 4 nitrogen and oxygen atoms in total. The summed E-state index contributed by atoms with van der Waals surface area (Å²) in [6.45, 7) is 1.66. The Morgan fingerprint density at radius 1 is 1.89 bits per heavy atom. The summed E-state index contributed by atoms with van der Waals surface area (Å²) in [6, 6.07) is 0. The molecule has 0 radical (unpaired) electrons. The second-order valence-corrected chi connectivity index (χ2v) is 2.13. The molecule has 0 atom stereocenters. The van der Waals surface area contributed by atoms with Gasteiger partial charge >= 0.3 is 0 Å². The van der Waals surface area contributed by atoms with Gasteiger partial charge in [-0.05, 0) is 12.2 Å². The molecule has 0 saturated carbocycles. The lowest BCUT2D eigenvalue weighted by atomic mass is 10.7. The molecule has 5 heteroatoms. The minimum absolute atomic E-state index is 0.281. The van der Waals surface area contributed by atoms with Crippen LogP contribution in [0.5, 0.6) is 0 Å². The van der Waals surface area contributed by atoms with Crippen LogP contribution in [-0.4, -0.2) is 29.5 Å². The number of aliphatic imine (C=N–C) groups is 1. The third-order valence-corrected chi connectivity index (χ3v) is 1.04. The standard InChI is InChI=1S/C4H8N4S/c5-4(9)7-8-2-1-6-3-8/h3H,1-2H2,(H3,5,7,9). The van der Waals surface area contributed by atoms with Crippen molar-refractivity contribution in [3.8, 4) is 0 Å². The normalized spacial score (nSPS) is 16.2. The summed E-state index contributed by atoms with van der Waals surface area (Å²) >= 11 is 4.60. The van der Waals surface area contributed by atoms with Crippen molar-refractivity contribution in [3.63, 3.8) is 0 Å². The maximum atomic E-state index is 5.19. The second-order valence-electron chi connectivity index (χ2n) is 1.69. The fourth-order valence-corrected chi connectivity index (χ4v) is 0.723. The Bertz CT molecular complexity index is 144. The van der Waals surface area contributed by atoms with Gasteiger partial charge in [0.15, 0.2) is 5.11 Å². The number of nitrogens with two attached hydrogens (primary N) is 1. The van der Waals surface area contributed by atoms with Gasteiger partial charge in [0.2, 0.25) is 0 Å². The van der Waals surface area contributed by atoms with Crippen molar-refractivity contribution in [2.75, 3.05) is 13.1 Å². The number of nitrogens with zero attached hydrogens (tertiary/aromatic N) is 2. The van der Waals surface area contributed by atoms with Crippen molar-refractivity contribution in [2.24, 2.45) is 10.7 Å². The van der Waals surface area contributed by atoms with Gasteiger partial charge in [-0.15, -0.1) is 0 Å². The van der Waals surface area contributed by atoms with E-state index in [4.69, 9.17) is 5.73 Å². The van der Waals surface area contributed by atoms with Gasteiger partial charge in [-0.3, -0.25) is 15.4 Å². The van der Waals surface area contributed by atoms with E-state index >= 15 is 0 Å². The molecule has 0 spiro atoms. The Morgan fingerprint density at radius 2 is 2.67 bits per heavy atom. The van der Waals surface area contributed by atoms with E-state index in [0.717, 1.165) is 13.1 Å². The van der Waals surface area contributed by atoms with E-state index in [0.29, 0.717) is 0 Å². The van der Waals surface area contributed by atoms with E-state index in [9.17, 15) is 0 Å². The van der Waals surface area contributed by atoms with Crippen molar-refractivity contribution in [1.82, 2.24) is 10.4 Å². The molecule has 0 aromatic carbocycles. The molecule has 0 fully saturated rings. The van der Waals surface area contributed by atoms with E-state index in [1.807, 2.05) is 0 Å². The Kier molecular flexibility index (Phi) is 1.84. The molecular weight excluding hydrogens is 136 g/mol. The van der Waals surface area contributed by atoms with Gasteiger partial charge < -0.3 is 5.73 Å². The molecule has 50 valence electrons. The molecule has 1 heterocycles. The van der Waals surface area contributed by atoms with Gasteiger partial charge in [-0.25, -0.2) is 0 Å². The molecule has 1 rings (SSSR count). The van der Waals surface area contributed by atoms with Crippen molar-refractivity contribution in [2.45, 2.75) is 0 Å². The highest BCUT2D eigenvalue weighted by molar-refractivity contribution is 7.80. The maximum absolute atomic E-state index is 5.19. The van der Waals surface area contributed by atoms with Crippen LogP contribution < -0.4 is 11.2 Å². The largest absolute Gasteiger partial charge is 0.375 e. The van der Waals surface area contributed by atoms with Crippen LogP contribution in [-0.2, 0) is 0 Å². The smallest absolute Gasteiger partial charge is 0.182 e. The first-order chi connectivity index (χ1) is 4.29. The van der Waals surface area contributed by atoms with Crippen molar-refractivity contribution in [3.05, 3.63) is 0 Å². The first-order valence-electron chi connectivity index (χ1n) is 2.62. The Balaban J connectivity index is 2.28. The van der Waals surface area contributed by atoms with Gasteiger partial charge in [0, 0.05) is 0 Å². The number of hydrogen-bond donors (Lipinski definition) is 2. The van der Waals surface area contributed by atoms with Crippen LogP contribution in [0.4, 0.5) is 0 Å². The molecule has 0 bridgehead atoms. The molecule has 9 heavy (non-hydrogen) atoms. The average Bonchev–Trinajstić information content (AvgIpc) is 2.15. The van der Waals surface area contributed by atoms with E-state index in [1.165, 1.54) is 0 Å². The minimum atomic E-state index is 0.281. The lowest BCUT2D eigenvalue weighted by molar-refractivity contribution is 0.424.